The molecular weight excluding hydrogens is 530 g/mol. The molecule has 222 valence electrons. The summed E-state index contributed by atoms with van der Waals surface area (Å²) in [5.74, 6) is 7.04. The number of hydrogen-bond acceptors (Lipinski definition) is 8. The van der Waals surface area contributed by atoms with Gasteiger partial charge in [-0.25, -0.2) is 9.67 Å². The molecule has 42 heavy (non-hydrogen) atoms. The van der Waals surface area contributed by atoms with Crippen LogP contribution in [-0.4, -0.2) is 88.2 Å². The number of benzene rings is 1. The summed E-state index contributed by atoms with van der Waals surface area (Å²) in [6.45, 7) is 5.68. The number of rotatable bonds is 14. The normalized spacial score (nSPS) is 11.6. The predicted molar refractivity (Wildman–Crippen MR) is 167 cm³/mol. The number of unbranched alkanes of at least 4 members (excludes halogenated alkanes) is 1. The van der Waals surface area contributed by atoms with E-state index in [0.717, 1.165) is 24.3 Å². The maximum atomic E-state index is 12.5. The number of carbonyl (C=O) groups is 2. The number of amides is 2. The van der Waals surface area contributed by atoms with Gasteiger partial charge in [0.15, 0.2) is 0 Å². The molecule has 0 bridgehead atoms. The van der Waals surface area contributed by atoms with Crippen molar-refractivity contribution in [2.75, 3.05) is 51.4 Å². The number of carbonyl (C=O) groups excluding carboxylic acids is 2. The molecule has 11 nitrogen and oxygen atoms in total. The fourth-order valence-corrected chi connectivity index (χ4v) is 3.73. The molecule has 1 aromatic carbocycles. The highest BCUT2D eigenvalue weighted by Gasteiger charge is 2.20. The number of anilines is 3. The van der Waals surface area contributed by atoms with Crippen molar-refractivity contribution in [3.05, 3.63) is 66.6 Å². The molecule has 2 aromatic heterocycles. The van der Waals surface area contributed by atoms with Gasteiger partial charge in [0.2, 0.25) is 17.8 Å². The summed E-state index contributed by atoms with van der Waals surface area (Å²) in [7, 11) is 5.48. The molecule has 0 saturated carbocycles. The zero-order chi connectivity index (χ0) is 30.3. The third-order valence-corrected chi connectivity index (χ3v) is 6.24. The molecule has 0 radical (unpaired) electrons. The third kappa shape index (κ3) is 10.1. The Hall–Kier alpha value is -4.69. The molecule has 1 atom stereocenters. The number of aromatic nitrogens is 4. The van der Waals surface area contributed by atoms with Gasteiger partial charge in [0, 0.05) is 57.3 Å². The summed E-state index contributed by atoms with van der Waals surface area (Å²) >= 11 is 0. The lowest BCUT2D eigenvalue weighted by Gasteiger charge is -2.23. The Morgan fingerprint density at radius 2 is 2.00 bits per heavy atom. The molecule has 3 N–H and O–H groups in total. The minimum Gasteiger partial charge on any atom is -0.369 e. The summed E-state index contributed by atoms with van der Waals surface area (Å²) in [6.07, 6.45) is 10.8. The van der Waals surface area contributed by atoms with Gasteiger partial charge in [-0.3, -0.25) is 9.59 Å². The highest BCUT2D eigenvalue weighted by Crippen LogP contribution is 2.19. The maximum absolute atomic E-state index is 12.5. The summed E-state index contributed by atoms with van der Waals surface area (Å²) in [6, 6.07) is 9.15. The van der Waals surface area contributed by atoms with Crippen molar-refractivity contribution in [1.29, 1.82) is 0 Å². The van der Waals surface area contributed by atoms with E-state index in [0.29, 0.717) is 43.3 Å². The van der Waals surface area contributed by atoms with Crippen LogP contribution in [0, 0.1) is 11.8 Å². The van der Waals surface area contributed by atoms with Gasteiger partial charge in [0.1, 0.15) is 11.9 Å². The van der Waals surface area contributed by atoms with Gasteiger partial charge in [-0.15, -0.1) is 0 Å². The first-order valence-electron chi connectivity index (χ1n) is 14.1. The highest BCUT2D eigenvalue weighted by molar-refractivity contribution is 5.92. The van der Waals surface area contributed by atoms with Crippen LogP contribution in [0.15, 0.2) is 61.1 Å². The van der Waals surface area contributed by atoms with Crippen molar-refractivity contribution in [3.8, 4) is 17.5 Å². The van der Waals surface area contributed by atoms with Crippen molar-refractivity contribution in [2.45, 2.75) is 39.2 Å². The van der Waals surface area contributed by atoms with Crippen molar-refractivity contribution in [3.63, 3.8) is 0 Å². The minimum absolute atomic E-state index is 0.197. The largest absolute Gasteiger partial charge is 0.369 e. The molecule has 2 heterocycles. The highest BCUT2D eigenvalue weighted by atomic mass is 16.2. The Kier molecular flexibility index (Phi) is 12.5. The smallest absolute Gasteiger partial charge is 0.246 e. The van der Waals surface area contributed by atoms with Crippen LogP contribution in [0.5, 0.6) is 0 Å². The van der Waals surface area contributed by atoms with E-state index in [-0.39, 0.29) is 11.8 Å². The van der Waals surface area contributed by atoms with Crippen molar-refractivity contribution < 1.29 is 9.59 Å². The monoisotopic (exact) mass is 571 g/mol. The Labute approximate surface area is 248 Å². The van der Waals surface area contributed by atoms with Crippen molar-refractivity contribution in [2.24, 2.45) is 0 Å². The zero-order valence-electron chi connectivity index (χ0n) is 25.1. The zero-order valence-corrected chi connectivity index (χ0v) is 25.1. The van der Waals surface area contributed by atoms with E-state index in [1.54, 1.807) is 37.1 Å². The molecule has 3 aromatic rings. The van der Waals surface area contributed by atoms with Gasteiger partial charge in [-0.2, -0.15) is 10.1 Å². The molecule has 3 rings (SSSR count). The lowest BCUT2D eigenvalue weighted by Crippen LogP contribution is -2.45. The van der Waals surface area contributed by atoms with E-state index >= 15 is 0 Å². The van der Waals surface area contributed by atoms with Crippen LogP contribution >= 0.6 is 0 Å². The van der Waals surface area contributed by atoms with Crippen LogP contribution in [0.2, 0.25) is 0 Å². The van der Waals surface area contributed by atoms with Crippen molar-refractivity contribution in [1.82, 2.24) is 34.9 Å². The number of hydrogen-bond donors (Lipinski definition) is 3. The van der Waals surface area contributed by atoms with Crippen LogP contribution in [0.1, 0.15) is 38.7 Å². The molecule has 0 aliphatic rings. The Morgan fingerprint density at radius 3 is 2.74 bits per heavy atom. The second kappa shape index (κ2) is 16.5. The van der Waals surface area contributed by atoms with Crippen LogP contribution in [0.25, 0.3) is 5.69 Å². The molecule has 0 spiro atoms. The number of nitrogens with one attached hydrogen (secondary N) is 3. The van der Waals surface area contributed by atoms with Gasteiger partial charge in [0.25, 0.3) is 0 Å². The van der Waals surface area contributed by atoms with Gasteiger partial charge in [-0.05, 0) is 58.1 Å². The van der Waals surface area contributed by atoms with Crippen LogP contribution in [-0.2, 0) is 9.59 Å². The first kappa shape index (κ1) is 31.8. The average Bonchev–Trinajstić information content (AvgIpc) is 3.53. The van der Waals surface area contributed by atoms with E-state index in [2.05, 4.69) is 49.8 Å². The Bertz CT molecular complexity index is 1390. The summed E-state index contributed by atoms with van der Waals surface area (Å²) in [4.78, 5) is 37.3. The molecule has 0 saturated heterocycles. The number of nitrogens with zero attached hydrogens (tertiary/aromatic N) is 6. The maximum Gasteiger partial charge on any atom is 0.246 e. The fraction of sp³-hybridized carbons (Fsp3) is 0.387. The predicted octanol–water partition coefficient (Wildman–Crippen LogP) is 3.44. The second-order valence-electron chi connectivity index (χ2n) is 9.99. The topological polar surface area (TPSA) is 120 Å². The molecule has 0 aliphatic heterocycles. The van der Waals surface area contributed by atoms with E-state index in [1.165, 1.54) is 11.0 Å². The van der Waals surface area contributed by atoms with Gasteiger partial charge < -0.3 is 25.8 Å². The molecule has 0 unspecified atom stereocenters. The SMILES string of the molecule is CCCNc1nc(Nc2cccc(-n3cccn3)c2)ncc1C#CCCCNC(=O)[C@H](C)N(C)C(=O)/C=C/CN(C)C. The summed E-state index contributed by atoms with van der Waals surface area (Å²) < 4.78 is 1.79. The number of likely N-dealkylation sites (N-methyl/N-ethyl adjacent to an activating group) is 2. The summed E-state index contributed by atoms with van der Waals surface area (Å²) in [5.41, 5.74) is 2.48. The standard InChI is InChI=1S/C31H41N9O2/c1-6-17-32-29-25(23-34-31(37-29)36-26-14-10-15-27(22-26)40-21-12-19-35-40)13-8-7-9-18-33-30(42)24(2)39(5)28(41)16-11-20-38(3)4/h10-12,14-16,19,21-24H,6-7,9,17-18,20H2,1-5H3,(H,33,42)(H2,32,34,36,37)/b16-11+/t24-/m0/s1. The molecule has 11 heteroatoms. The van der Waals surface area contributed by atoms with E-state index in [1.807, 2.05) is 55.5 Å². The quantitative estimate of drug-likeness (QED) is 0.153. The van der Waals surface area contributed by atoms with Gasteiger partial charge in [-0.1, -0.05) is 30.9 Å². The molecule has 0 aliphatic carbocycles. The summed E-state index contributed by atoms with van der Waals surface area (Å²) in [5, 5.41) is 13.8. The van der Waals surface area contributed by atoms with E-state index < -0.39 is 6.04 Å². The second-order valence-corrected chi connectivity index (χ2v) is 9.99. The van der Waals surface area contributed by atoms with Crippen molar-refractivity contribution >= 4 is 29.3 Å². The van der Waals surface area contributed by atoms with Crippen LogP contribution in [0.3, 0.4) is 0 Å². The molecule has 2 amide bonds. The van der Waals surface area contributed by atoms with E-state index in [4.69, 9.17) is 0 Å². The lowest BCUT2D eigenvalue weighted by atomic mass is 10.2. The van der Waals surface area contributed by atoms with E-state index in [9.17, 15) is 9.59 Å². The minimum atomic E-state index is -0.572. The van der Waals surface area contributed by atoms with Crippen LogP contribution < -0.4 is 16.0 Å². The third-order valence-electron chi connectivity index (χ3n) is 6.24. The molecular formula is C31H41N9O2. The van der Waals surface area contributed by atoms with Crippen LogP contribution in [0.4, 0.5) is 17.5 Å². The van der Waals surface area contributed by atoms with Gasteiger partial charge in [0.05, 0.1) is 17.4 Å². The first-order chi connectivity index (χ1) is 20.3. The first-order valence-corrected chi connectivity index (χ1v) is 14.1. The average molecular weight is 572 g/mol. The lowest BCUT2D eigenvalue weighted by molar-refractivity contribution is -0.135. The fourth-order valence-electron chi connectivity index (χ4n) is 3.73. The van der Waals surface area contributed by atoms with Gasteiger partial charge >= 0.3 is 0 Å². The molecule has 0 fully saturated rings. The Morgan fingerprint density at radius 1 is 1.17 bits per heavy atom. The Balaban J connectivity index is 1.53.